The monoisotopic (exact) mass is 274 g/mol. The molecule has 0 aliphatic rings. The van der Waals surface area contributed by atoms with Crippen LogP contribution in [-0.4, -0.2) is 37.0 Å². The molecule has 0 fully saturated rings. The van der Waals surface area contributed by atoms with Gasteiger partial charge in [-0.1, -0.05) is 0 Å². The molecule has 1 unspecified atom stereocenters. The first-order valence-electron chi connectivity index (χ1n) is 6.71. The third kappa shape index (κ3) is 11.4. The lowest BCUT2D eigenvalue weighted by Gasteiger charge is -2.15. The highest BCUT2D eigenvalue weighted by molar-refractivity contribution is 5.67. The molecular weight excluding hydrogens is 248 g/mol. The smallest absolute Gasteiger partial charge is 0.407 e. The Hall–Kier alpha value is -1.46. The summed E-state index contributed by atoms with van der Waals surface area (Å²) in [7, 11) is 0. The minimum absolute atomic E-state index is 0.0111. The molecule has 0 saturated carbocycles. The first kappa shape index (κ1) is 17.5. The zero-order valence-corrected chi connectivity index (χ0v) is 12.5. The van der Waals surface area contributed by atoms with E-state index in [2.05, 4.69) is 10.6 Å². The molecule has 112 valence electrons. The SMILES string of the molecule is CC(C)NC(=O)OCCCC(C)NC(=O)OC(C)C. The van der Waals surface area contributed by atoms with Crippen LogP contribution in [-0.2, 0) is 9.47 Å². The summed E-state index contributed by atoms with van der Waals surface area (Å²) in [5.41, 5.74) is 0. The molecule has 0 aromatic rings. The van der Waals surface area contributed by atoms with Gasteiger partial charge < -0.3 is 20.1 Å². The average molecular weight is 274 g/mol. The lowest BCUT2D eigenvalue weighted by molar-refractivity contribution is 0.111. The third-order valence-corrected chi connectivity index (χ3v) is 2.13. The molecule has 1 atom stereocenters. The van der Waals surface area contributed by atoms with Crippen molar-refractivity contribution in [1.82, 2.24) is 10.6 Å². The molecule has 0 aliphatic carbocycles. The minimum atomic E-state index is -0.416. The normalized spacial score (nSPS) is 12.2. The highest BCUT2D eigenvalue weighted by atomic mass is 16.6. The Kier molecular flexibility index (Phi) is 8.74. The summed E-state index contributed by atoms with van der Waals surface area (Å²) in [5, 5.41) is 5.35. The number of carbonyl (C=O) groups excluding carboxylic acids is 2. The topological polar surface area (TPSA) is 76.7 Å². The van der Waals surface area contributed by atoms with E-state index in [1.165, 1.54) is 0 Å². The lowest BCUT2D eigenvalue weighted by Crippen LogP contribution is -2.35. The fourth-order valence-electron chi connectivity index (χ4n) is 1.35. The van der Waals surface area contributed by atoms with Crippen LogP contribution in [0.2, 0.25) is 0 Å². The van der Waals surface area contributed by atoms with Crippen molar-refractivity contribution in [1.29, 1.82) is 0 Å². The molecule has 0 spiro atoms. The first-order valence-corrected chi connectivity index (χ1v) is 6.71. The predicted molar refractivity (Wildman–Crippen MR) is 73.1 cm³/mol. The van der Waals surface area contributed by atoms with Gasteiger partial charge in [-0.05, 0) is 47.5 Å². The van der Waals surface area contributed by atoms with Gasteiger partial charge in [-0.15, -0.1) is 0 Å². The molecule has 19 heavy (non-hydrogen) atoms. The van der Waals surface area contributed by atoms with Crippen LogP contribution in [0, 0.1) is 0 Å². The molecule has 6 nitrogen and oxygen atoms in total. The molecule has 6 heteroatoms. The van der Waals surface area contributed by atoms with Crippen LogP contribution in [0.5, 0.6) is 0 Å². The highest BCUT2D eigenvalue weighted by Crippen LogP contribution is 1.99. The van der Waals surface area contributed by atoms with Crippen LogP contribution in [0.4, 0.5) is 9.59 Å². The summed E-state index contributed by atoms with van der Waals surface area (Å²) >= 11 is 0. The average Bonchev–Trinajstić information content (AvgIpc) is 2.21. The number of hydrogen-bond donors (Lipinski definition) is 2. The number of amides is 2. The van der Waals surface area contributed by atoms with E-state index in [1.807, 2.05) is 20.8 Å². The van der Waals surface area contributed by atoms with Gasteiger partial charge in [0, 0.05) is 12.1 Å². The van der Waals surface area contributed by atoms with E-state index in [1.54, 1.807) is 13.8 Å². The molecule has 0 saturated heterocycles. The van der Waals surface area contributed by atoms with Gasteiger partial charge in [-0.3, -0.25) is 0 Å². The number of alkyl carbamates (subject to hydrolysis) is 2. The Balaban J connectivity index is 3.61. The van der Waals surface area contributed by atoms with E-state index in [0.717, 1.165) is 6.42 Å². The highest BCUT2D eigenvalue weighted by Gasteiger charge is 2.10. The zero-order valence-electron chi connectivity index (χ0n) is 12.5. The quantitative estimate of drug-likeness (QED) is 0.699. The van der Waals surface area contributed by atoms with Gasteiger partial charge in [0.15, 0.2) is 0 Å². The number of carbonyl (C=O) groups is 2. The van der Waals surface area contributed by atoms with Crippen molar-refractivity contribution in [3.63, 3.8) is 0 Å². The molecule has 0 heterocycles. The molecule has 2 amide bonds. The summed E-state index contributed by atoms with van der Waals surface area (Å²) in [5.74, 6) is 0. The Labute approximate surface area is 115 Å². The molecule has 2 N–H and O–H groups in total. The van der Waals surface area contributed by atoms with E-state index >= 15 is 0 Å². The van der Waals surface area contributed by atoms with Gasteiger partial charge in [0.1, 0.15) is 0 Å². The Morgan fingerprint density at radius 1 is 1.00 bits per heavy atom. The van der Waals surface area contributed by atoms with E-state index in [4.69, 9.17) is 9.47 Å². The third-order valence-electron chi connectivity index (χ3n) is 2.13. The maximum absolute atomic E-state index is 11.3. The Morgan fingerprint density at radius 2 is 1.63 bits per heavy atom. The van der Waals surface area contributed by atoms with Gasteiger partial charge in [0.05, 0.1) is 12.7 Å². The van der Waals surface area contributed by atoms with Crippen molar-refractivity contribution in [2.24, 2.45) is 0 Å². The van der Waals surface area contributed by atoms with Crippen LogP contribution in [0.1, 0.15) is 47.5 Å². The molecular formula is C13H26N2O4. The second kappa shape index (κ2) is 9.47. The minimum Gasteiger partial charge on any atom is -0.450 e. The maximum Gasteiger partial charge on any atom is 0.407 e. The van der Waals surface area contributed by atoms with Gasteiger partial charge in [-0.2, -0.15) is 0 Å². The molecule has 0 aromatic carbocycles. The van der Waals surface area contributed by atoms with E-state index in [-0.39, 0.29) is 18.2 Å². The zero-order chi connectivity index (χ0) is 14.8. The predicted octanol–water partition coefficient (Wildman–Crippen LogP) is 2.42. The van der Waals surface area contributed by atoms with Gasteiger partial charge in [-0.25, -0.2) is 9.59 Å². The van der Waals surface area contributed by atoms with Crippen LogP contribution >= 0.6 is 0 Å². The van der Waals surface area contributed by atoms with E-state index in [9.17, 15) is 9.59 Å². The summed E-state index contributed by atoms with van der Waals surface area (Å²) in [6.07, 6.45) is 0.461. The van der Waals surface area contributed by atoms with Crippen molar-refractivity contribution in [2.45, 2.75) is 65.6 Å². The number of nitrogens with one attached hydrogen (secondary N) is 2. The van der Waals surface area contributed by atoms with Crippen LogP contribution in [0.3, 0.4) is 0 Å². The number of ether oxygens (including phenoxy) is 2. The van der Waals surface area contributed by atoms with Crippen LogP contribution in [0.25, 0.3) is 0 Å². The van der Waals surface area contributed by atoms with Crippen molar-refractivity contribution in [3.8, 4) is 0 Å². The molecule has 0 aromatic heterocycles. The van der Waals surface area contributed by atoms with Gasteiger partial charge in [0.25, 0.3) is 0 Å². The van der Waals surface area contributed by atoms with Crippen molar-refractivity contribution >= 4 is 12.2 Å². The van der Waals surface area contributed by atoms with Crippen LogP contribution < -0.4 is 10.6 Å². The molecule has 0 radical (unpaired) electrons. The standard InChI is InChI=1S/C13H26N2O4/c1-9(2)14-12(16)18-8-6-7-11(5)15-13(17)19-10(3)4/h9-11H,6-8H2,1-5H3,(H,14,16)(H,15,17). The fraction of sp³-hybridized carbons (Fsp3) is 0.846. The number of hydrogen-bond acceptors (Lipinski definition) is 4. The summed E-state index contributed by atoms with van der Waals surface area (Å²) in [6, 6.07) is 0.0573. The molecule has 0 bridgehead atoms. The fourth-order valence-corrected chi connectivity index (χ4v) is 1.35. The Bertz CT molecular complexity index is 280. The Morgan fingerprint density at radius 3 is 2.16 bits per heavy atom. The summed E-state index contributed by atoms with van der Waals surface area (Å²) in [4.78, 5) is 22.5. The molecule has 0 rings (SSSR count). The van der Waals surface area contributed by atoms with Crippen LogP contribution in [0.15, 0.2) is 0 Å². The summed E-state index contributed by atoms with van der Waals surface area (Å²) < 4.78 is 9.94. The van der Waals surface area contributed by atoms with Gasteiger partial charge >= 0.3 is 12.2 Å². The second-order valence-corrected chi connectivity index (χ2v) is 5.08. The van der Waals surface area contributed by atoms with Crippen molar-refractivity contribution < 1.29 is 19.1 Å². The number of rotatable bonds is 7. The van der Waals surface area contributed by atoms with E-state index < -0.39 is 12.2 Å². The van der Waals surface area contributed by atoms with Crippen molar-refractivity contribution in [3.05, 3.63) is 0 Å². The van der Waals surface area contributed by atoms with Crippen molar-refractivity contribution in [2.75, 3.05) is 6.61 Å². The molecule has 0 aliphatic heterocycles. The first-order chi connectivity index (χ1) is 8.81. The van der Waals surface area contributed by atoms with E-state index in [0.29, 0.717) is 13.0 Å². The maximum atomic E-state index is 11.3. The van der Waals surface area contributed by atoms with Gasteiger partial charge in [0.2, 0.25) is 0 Å². The summed E-state index contributed by atoms with van der Waals surface area (Å²) in [6.45, 7) is 9.55. The lowest BCUT2D eigenvalue weighted by atomic mass is 10.2. The largest absolute Gasteiger partial charge is 0.450 e. The second-order valence-electron chi connectivity index (χ2n) is 5.08.